The zero-order valence-corrected chi connectivity index (χ0v) is 19.7. The second kappa shape index (κ2) is 11.5. The van der Waals surface area contributed by atoms with Crippen molar-refractivity contribution in [3.05, 3.63) is 119 Å². The first-order valence-corrected chi connectivity index (χ1v) is 11.9. The normalized spacial score (nSPS) is 11.4. The average Bonchev–Trinajstić information content (AvgIpc) is 2.85. The standard InChI is InChI=1S/C27H22ClN3O2S/c28-21-14-15-24(29-18-21)31-27(33)26(20-10-5-2-6-11-20)34-23-13-7-12-22(17-23)30-25(32)16-19-8-3-1-4-9-19/h1-15,17-18,26H,16H2,(H,30,32)(H,29,31,33). The van der Waals surface area contributed by atoms with Crippen LogP contribution in [0.25, 0.3) is 0 Å². The Labute approximate surface area is 207 Å². The summed E-state index contributed by atoms with van der Waals surface area (Å²) in [6.45, 7) is 0. The van der Waals surface area contributed by atoms with Crippen LogP contribution in [-0.2, 0) is 16.0 Å². The summed E-state index contributed by atoms with van der Waals surface area (Å²) in [5.74, 6) is 0.127. The number of halogens is 1. The van der Waals surface area contributed by atoms with Crippen molar-refractivity contribution >= 4 is 46.7 Å². The number of aromatic nitrogens is 1. The molecule has 0 radical (unpaired) electrons. The van der Waals surface area contributed by atoms with E-state index in [9.17, 15) is 9.59 Å². The Bertz CT molecular complexity index is 1250. The second-order valence-electron chi connectivity index (χ2n) is 7.50. The van der Waals surface area contributed by atoms with Crippen LogP contribution >= 0.6 is 23.4 Å². The Hall–Kier alpha value is -3.61. The van der Waals surface area contributed by atoms with E-state index in [1.807, 2.05) is 84.9 Å². The van der Waals surface area contributed by atoms with E-state index in [0.29, 0.717) is 22.9 Å². The van der Waals surface area contributed by atoms with Crippen molar-refractivity contribution in [3.8, 4) is 0 Å². The van der Waals surface area contributed by atoms with Gasteiger partial charge in [-0.2, -0.15) is 0 Å². The van der Waals surface area contributed by atoms with Crippen molar-refractivity contribution in [1.82, 2.24) is 4.98 Å². The molecule has 5 nitrogen and oxygen atoms in total. The number of hydrogen-bond donors (Lipinski definition) is 2. The summed E-state index contributed by atoms with van der Waals surface area (Å²) in [6, 6.07) is 30.0. The number of carbonyl (C=O) groups is 2. The highest BCUT2D eigenvalue weighted by molar-refractivity contribution is 8.00. The van der Waals surface area contributed by atoms with Gasteiger partial charge in [0, 0.05) is 16.8 Å². The van der Waals surface area contributed by atoms with Gasteiger partial charge in [0.25, 0.3) is 0 Å². The van der Waals surface area contributed by atoms with Gasteiger partial charge >= 0.3 is 0 Å². The monoisotopic (exact) mass is 487 g/mol. The molecule has 3 aromatic carbocycles. The number of benzene rings is 3. The van der Waals surface area contributed by atoms with Gasteiger partial charge in [0.2, 0.25) is 11.8 Å². The van der Waals surface area contributed by atoms with Crippen LogP contribution < -0.4 is 10.6 Å². The summed E-state index contributed by atoms with van der Waals surface area (Å²) in [5.41, 5.74) is 2.48. The van der Waals surface area contributed by atoms with Gasteiger partial charge in [0.15, 0.2) is 0 Å². The van der Waals surface area contributed by atoms with Gasteiger partial charge < -0.3 is 10.6 Å². The van der Waals surface area contributed by atoms with E-state index in [1.54, 1.807) is 12.1 Å². The molecule has 4 rings (SSSR count). The maximum atomic E-state index is 13.2. The fourth-order valence-electron chi connectivity index (χ4n) is 3.31. The molecule has 1 atom stereocenters. The molecule has 0 aliphatic rings. The zero-order chi connectivity index (χ0) is 23.8. The first-order chi connectivity index (χ1) is 16.6. The van der Waals surface area contributed by atoms with Crippen LogP contribution in [0.1, 0.15) is 16.4 Å². The minimum Gasteiger partial charge on any atom is -0.326 e. The Kier molecular flexibility index (Phi) is 7.96. The highest BCUT2D eigenvalue weighted by Gasteiger charge is 2.23. The van der Waals surface area contributed by atoms with Gasteiger partial charge in [-0.15, -0.1) is 11.8 Å². The lowest BCUT2D eigenvalue weighted by Crippen LogP contribution is -2.19. The van der Waals surface area contributed by atoms with Crippen molar-refractivity contribution in [1.29, 1.82) is 0 Å². The predicted molar refractivity (Wildman–Crippen MR) is 138 cm³/mol. The summed E-state index contributed by atoms with van der Waals surface area (Å²) in [4.78, 5) is 30.7. The lowest BCUT2D eigenvalue weighted by atomic mass is 10.1. The van der Waals surface area contributed by atoms with E-state index in [4.69, 9.17) is 11.6 Å². The number of nitrogens with zero attached hydrogens (tertiary/aromatic N) is 1. The first-order valence-electron chi connectivity index (χ1n) is 10.6. The Morgan fingerprint density at radius 3 is 2.29 bits per heavy atom. The molecule has 170 valence electrons. The number of rotatable bonds is 8. The average molecular weight is 488 g/mol. The van der Waals surface area contributed by atoms with Crippen LogP contribution in [-0.4, -0.2) is 16.8 Å². The lowest BCUT2D eigenvalue weighted by Gasteiger charge is -2.17. The summed E-state index contributed by atoms with van der Waals surface area (Å²) in [6.07, 6.45) is 1.78. The van der Waals surface area contributed by atoms with E-state index < -0.39 is 5.25 Å². The largest absolute Gasteiger partial charge is 0.326 e. The Morgan fingerprint density at radius 2 is 1.59 bits per heavy atom. The van der Waals surface area contributed by atoms with Crippen molar-refractivity contribution < 1.29 is 9.59 Å². The third kappa shape index (κ3) is 6.70. The number of pyridine rings is 1. The van der Waals surface area contributed by atoms with Gasteiger partial charge in [0.1, 0.15) is 11.1 Å². The highest BCUT2D eigenvalue weighted by Crippen LogP contribution is 2.37. The van der Waals surface area contributed by atoms with Gasteiger partial charge in [-0.3, -0.25) is 9.59 Å². The van der Waals surface area contributed by atoms with E-state index >= 15 is 0 Å². The van der Waals surface area contributed by atoms with Crippen molar-refractivity contribution in [2.24, 2.45) is 0 Å². The fourth-order valence-corrected chi connectivity index (χ4v) is 4.51. The molecule has 1 unspecified atom stereocenters. The molecule has 0 saturated heterocycles. The van der Waals surface area contributed by atoms with Crippen LogP contribution in [0.2, 0.25) is 5.02 Å². The van der Waals surface area contributed by atoms with Crippen molar-refractivity contribution in [2.75, 3.05) is 10.6 Å². The third-order valence-electron chi connectivity index (χ3n) is 4.90. The maximum Gasteiger partial charge on any atom is 0.243 e. The minimum absolute atomic E-state index is 0.0977. The third-order valence-corrected chi connectivity index (χ3v) is 6.37. The van der Waals surface area contributed by atoms with Gasteiger partial charge in [-0.05, 0) is 41.5 Å². The zero-order valence-electron chi connectivity index (χ0n) is 18.1. The summed E-state index contributed by atoms with van der Waals surface area (Å²) < 4.78 is 0. The smallest absolute Gasteiger partial charge is 0.243 e. The van der Waals surface area contributed by atoms with E-state index in [1.165, 1.54) is 18.0 Å². The van der Waals surface area contributed by atoms with Crippen LogP contribution in [0, 0.1) is 0 Å². The van der Waals surface area contributed by atoms with E-state index in [-0.39, 0.29) is 11.8 Å². The topological polar surface area (TPSA) is 71.1 Å². The van der Waals surface area contributed by atoms with E-state index in [2.05, 4.69) is 15.6 Å². The molecular formula is C27H22ClN3O2S. The van der Waals surface area contributed by atoms with Gasteiger partial charge in [-0.25, -0.2) is 4.98 Å². The summed E-state index contributed by atoms with van der Waals surface area (Å²) >= 11 is 7.30. The van der Waals surface area contributed by atoms with E-state index in [0.717, 1.165) is 16.0 Å². The molecule has 0 saturated carbocycles. The highest BCUT2D eigenvalue weighted by atomic mass is 35.5. The first kappa shape index (κ1) is 23.5. The number of anilines is 2. The molecule has 0 aliphatic carbocycles. The molecule has 0 bridgehead atoms. The molecule has 4 aromatic rings. The number of nitrogens with one attached hydrogen (secondary N) is 2. The van der Waals surface area contributed by atoms with Gasteiger partial charge in [-0.1, -0.05) is 78.3 Å². The second-order valence-corrected chi connectivity index (χ2v) is 9.11. The van der Waals surface area contributed by atoms with Crippen molar-refractivity contribution in [2.45, 2.75) is 16.6 Å². The lowest BCUT2D eigenvalue weighted by molar-refractivity contribution is -0.116. The van der Waals surface area contributed by atoms with Gasteiger partial charge in [0.05, 0.1) is 11.4 Å². The molecule has 2 amide bonds. The summed E-state index contributed by atoms with van der Waals surface area (Å²) in [5, 5.41) is 5.78. The van der Waals surface area contributed by atoms with Crippen LogP contribution in [0.4, 0.5) is 11.5 Å². The molecular weight excluding hydrogens is 466 g/mol. The van der Waals surface area contributed by atoms with Crippen molar-refractivity contribution in [3.63, 3.8) is 0 Å². The fraction of sp³-hybridized carbons (Fsp3) is 0.0741. The summed E-state index contributed by atoms with van der Waals surface area (Å²) in [7, 11) is 0. The van der Waals surface area contributed by atoms with Crippen LogP contribution in [0.15, 0.2) is 108 Å². The number of carbonyl (C=O) groups excluding carboxylic acids is 2. The molecule has 0 aliphatic heterocycles. The molecule has 0 fully saturated rings. The quantitative estimate of drug-likeness (QED) is 0.282. The Morgan fingerprint density at radius 1 is 0.853 bits per heavy atom. The minimum atomic E-state index is -0.519. The molecule has 2 N–H and O–H groups in total. The molecule has 1 heterocycles. The van der Waals surface area contributed by atoms with Crippen LogP contribution in [0.3, 0.4) is 0 Å². The molecule has 1 aromatic heterocycles. The number of hydrogen-bond acceptors (Lipinski definition) is 4. The maximum absolute atomic E-state index is 13.2. The molecule has 0 spiro atoms. The number of amides is 2. The SMILES string of the molecule is O=C(Cc1ccccc1)Nc1cccc(SC(C(=O)Nc2ccc(Cl)cn2)c2ccccc2)c1. The molecule has 34 heavy (non-hydrogen) atoms. The van der Waals surface area contributed by atoms with Crippen LogP contribution in [0.5, 0.6) is 0 Å². The number of thioether (sulfide) groups is 1. The molecule has 7 heteroatoms. The predicted octanol–water partition coefficient (Wildman–Crippen LogP) is 6.39. The Balaban J connectivity index is 1.49.